The average Bonchev–Trinajstić information content (AvgIpc) is 2.88. The van der Waals surface area contributed by atoms with E-state index in [2.05, 4.69) is 19.6 Å². The van der Waals surface area contributed by atoms with Gasteiger partial charge in [-0.1, -0.05) is 56.9 Å². The van der Waals surface area contributed by atoms with Crippen LogP contribution in [0.3, 0.4) is 0 Å². The minimum absolute atomic E-state index is 0.221. The highest BCUT2D eigenvalue weighted by molar-refractivity contribution is 5.15. The lowest BCUT2D eigenvalue weighted by Gasteiger charge is -2.17. The SMILES string of the molecule is C=C1C[C@H]2C[C@@H](O)[C@H](/C=C/[C@@H](O)CCCCCC)[C@@H]2C1. The maximum atomic E-state index is 10.2. The van der Waals surface area contributed by atoms with Gasteiger partial charge in [0.2, 0.25) is 0 Å². The van der Waals surface area contributed by atoms with Crippen LogP contribution in [-0.4, -0.2) is 22.4 Å². The molecule has 2 aliphatic rings. The number of allylic oxidation sites excluding steroid dienone is 1. The standard InChI is InChI=1S/C18H30O2/c1-3-4-5-6-7-15(19)8-9-16-17-11-13(2)10-14(17)12-18(16)20/h8-9,14-20H,2-7,10-12H2,1H3/b9-8+/t14-,15-,16+,17+,18+/m0/s1. The molecule has 0 aromatic rings. The Morgan fingerprint density at radius 1 is 1.30 bits per heavy atom. The molecular weight excluding hydrogens is 248 g/mol. The lowest BCUT2D eigenvalue weighted by molar-refractivity contribution is 0.139. The summed E-state index contributed by atoms with van der Waals surface area (Å²) in [6, 6.07) is 0. The van der Waals surface area contributed by atoms with Crippen LogP contribution in [-0.2, 0) is 0 Å². The van der Waals surface area contributed by atoms with Crippen molar-refractivity contribution in [1.29, 1.82) is 0 Å². The van der Waals surface area contributed by atoms with Gasteiger partial charge in [0.1, 0.15) is 0 Å². The molecule has 0 saturated heterocycles. The van der Waals surface area contributed by atoms with Crippen molar-refractivity contribution in [3.8, 4) is 0 Å². The van der Waals surface area contributed by atoms with Gasteiger partial charge >= 0.3 is 0 Å². The number of fused-ring (bicyclic) bond motifs is 1. The molecule has 2 saturated carbocycles. The second kappa shape index (κ2) is 7.42. The molecule has 2 fully saturated rings. The van der Waals surface area contributed by atoms with E-state index in [0.29, 0.717) is 11.8 Å². The first-order chi connectivity index (χ1) is 9.61. The van der Waals surface area contributed by atoms with Gasteiger partial charge in [0.25, 0.3) is 0 Å². The minimum Gasteiger partial charge on any atom is -0.392 e. The van der Waals surface area contributed by atoms with Crippen LogP contribution in [0, 0.1) is 17.8 Å². The summed E-state index contributed by atoms with van der Waals surface area (Å²) in [5, 5.41) is 20.2. The first-order valence-corrected chi connectivity index (χ1v) is 8.33. The lowest BCUT2D eigenvalue weighted by Crippen LogP contribution is -2.17. The fraction of sp³-hybridized carbons (Fsp3) is 0.778. The summed E-state index contributed by atoms with van der Waals surface area (Å²) in [4.78, 5) is 0. The number of aliphatic hydroxyl groups is 2. The van der Waals surface area contributed by atoms with Gasteiger partial charge in [-0.3, -0.25) is 0 Å². The second-order valence-electron chi connectivity index (χ2n) is 6.76. The fourth-order valence-corrected chi connectivity index (χ4v) is 3.97. The third-order valence-electron chi connectivity index (χ3n) is 5.07. The Bertz CT molecular complexity index is 347. The molecule has 2 heteroatoms. The van der Waals surface area contributed by atoms with Crippen LogP contribution >= 0.6 is 0 Å². The van der Waals surface area contributed by atoms with E-state index in [1.54, 1.807) is 0 Å². The first-order valence-electron chi connectivity index (χ1n) is 8.33. The maximum Gasteiger partial charge on any atom is 0.0721 e. The normalized spacial score (nSPS) is 34.9. The van der Waals surface area contributed by atoms with E-state index in [9.17, 15) is 10.2 Å². The molecule has 2 N–H and O–H groups in total. The molecular formula is C18H30O2. The molecule has 0 spiro atoms. The minimum atomic E-state index is -0.345. The summed E-state index contributed by atoms with van der Waals surface area (Å²) < 4.78 is 0. The van der Waals surface area contributed by atoms with Crippen molar-refractivity contribution in [2.24, 2.45) is 17.8 Å². The summed E-state index contributed by atoms with van der Waals surface area (Å²) in [7, 11) is 0. The Morgan fingerprint density at radius 3 is 2.85 bits per heavy atom. The Balaban J connectivity index is 1.79. The molecule has 0 radical (unpaired) electrons. The molecule has 0 aliphatic heterocycles. The fourth-order valence-electron chi connectivity index (χ4n) is 3.97. The van der Waals surface area contributed by atoms with Crippen molar-refractivity contribution in [3.63, 3.8) is 0 Å². The molecule has 0 heterocycles. The molecule has 2 nitrogen and oxygen atoms in total. The average molecular weight is 278 g/mol. The van der Waals surface area contributed by atoms with Crippen LogP contribution in [0.1, 0.15) is 58.3 Å². The monoisotopic (exact) mass is 278 g/mol. The van der Waals surface area contributed by atoms with Crippen LogP contribution in [0.2, 0.25) is 0 Å². The van der Waals surface area contributed by atoms with Gasteiger partial charge in [-0.05, 0) is 37.5 Å². The van der Waals surface area contributed by atoms with Crippen LogP contribution < -0.4 is 0 Å². The Morgan fingerprint density at radius 2 is 2.10 bits per heavy atom. The number of unbranched alkanes of at least 4 members (excludes halogenated alkanes) is 3. The molecule has 0 unspecified atom stereocenters. The zero-order chi connectivity index (χ0) is 14.5. The maximum absolute atomic E-state index is 10.2. The Hall–Kier alpha value is -0.600. The van der Waals surface area contributed by atoms with Gasteiger partial charge in [-0.15, -0.1) is 0 Å². The van der Waals surface area contributed by atoms with Gasteiger partial charge in [0.15, 0.2) is 0 Å². The number of rotatable bonds is 7. The van der Waals surface area contributed by atoms with Crippen molar-refractivity contribution < 1.29 is 10.2 Å². The molecule has 2 aliphatic carbocycles. The van der Waals surface area contributed by atoms with E-state index in [-0.39, 0.29) is 18.1 Å². The zero-order valence-electron chi connectivity index (χ0n) is 12.8. The zero-order valence-corrected chi connectivity index (χ0v) is 12.8. The summed E-state index contributed by atoms with van der Waals surface area (Å²) in [6.45, 7) is 6.29. The number of hydrogen-bond acceptors (Lipinski definition) is 2. The smallest absolute Gasteiger partial charge is 0.0721 e. The third kappa shape index (κ3) is 3.95. The highest BCUT2D eigenvalue weighted by Crippen LogP contribution is 2.49. The summed E-state index contributed by atoms with van der Waals surface area (Å²) in [5.41, 5.74) is 1.34. The second-order valence-corrected chi connectivity index (χ2v) is 6.76. The molecule has 20 heavy (non-hydrogen) atoms. The van der Waals surface area contributed by atoms with E-state index < -0.39 is 0 Å². The predicted octanol–water partition coefficient (Wildman–Crippen LogP) is 3.84. The molecule has 0 amide bonds. The van der Waals surface area contributed by atoms with Crippen molar-refractivity contribution in [1.82, 2.24) is 0 Å². The summed E-state index contributed by atoms with van der Waals surface area (Å²) >= 11 is 0. The Kier molecular flexibility index (Phi) is 5.86. The van der Waals surface area contributed by atoms with E-state index in [0.717, 1.165) is 32.1 Å². The highest BCUT2D eigenvalue weighted by Gasteiger charge is 2.44. The van der Waals surface area contributed by atoms with E-state index >= 15 is 0 Å². The van der Waals surface area contributed by atoms with Gasteiger partial charge in [-0.25, -0.2) is 0 Å². The van der Waals surface area contributed by atoms with Gasteiger partial charge in [0.05, 0.1) is 12.2 Å². The van der Waals surface area contributed by atoms with Crippen molar-refractivity contribution in [3.05, 3.63) is 24.3 Å². The van der Waals surface area contributed by atoms with Crippen molar-refractivity contribution in [2.45, 2.75) is 70.5 Å². The highest BCUT2D eigenvalue weighted by atomic mass is 16.3. The van der Waals surface area contributed by atoms with Crippen LogP contribution in [0.4, 0.5) is 0 Å². The number of hydrogen-bond donors (Lipinski definition) is 2. The molecule has 0 bridgehead atoms. The van der Waals surface area contributed by atoms with Crippen molar-refractivity contribution in [2.75, 3.05) is 0 Å². The predicted molar refractivity (Wildman–Crippen MR) is 83.4 cm³/mol. The van der Waals surface area contributed by atoms with E-state index in [4.69, 9.17) is 0 Å². The molecule has 0 aromatic carbocycles. The van der Waals surface area contributed by atoms with E-state index in [1.807, 2.05) is 6.08 Å². The summed E-state index contributed by atoms with van der Waals surface area (Å²) in [5.74, 6) is 1.40. The summed E-state index contributed by atoms with van der Waals surface area (Å²) in [6.07, 6.45) is 12.1. The molecule has 0 aromatic heterocycles. The van der Waals surface area contributed by atoms with Crippen LogP contribution in [0.25, 0.3) is 0 Å². The Labute approximate surface area is 123 Å². The van der Waals surface area contributed by atoms with Gasteiger partial charge in [0, 0.05) is 5.92 Å². The van der Waals surface area contributed by atoms with Gasteiger partial charge in [-0.2, -0.15) is 0 Å². The van der Waals surface area contributed by atoms with Crippen LogP contribution in [0.5, 0.6) is 0 Å². The third-order valence-corrected chi connectivity index (χ3v) is 5.07. The largest absolute Gasteiger partial charge is 0.392 e. The molecule has 114 valence electrons. The quantitative estimate of drug-likeness (QED) is 0.549. The topological polar surface area (TPSA) is 40.5 Å². The number of aliphatic hydroxyl groups excluding tert-OH is 2. The van der Waals surface area contributed by atoms with Crippen LogP contribution in [0.15, 0.2) is 24.3 Å². The van der Waals surface area contributed by atoms with Gasteiger partial charge < -0.3 is 10.2 Å². The first kappa shape index (κ1) is 15.8. The lowest BCUT2D eigenvalue weighted by atomic mass is 9.90. The van der Waals surface area contributed by atoms with E-state index in [1.165, 1.54) is 24.8 Å². The molecule has 2 rings (SSSR count). The molecule has 5 atom stereocenters. The van der Waals surface area contributed by atoms with Crippen molar-refractivity contribution >= 4 is 0 Å².